The van der Waals surface area contributed by atoms with Crippen LogP contribution < -0.4 is 0 Å². The maximum atomic E-state index is 13.2. The highest BCUT2D eigenvalue weighted by molar-refractivity contribution is 6.02. The number of allylic oxidation sites excluding steroid dienone is 1. The fourth-order valence-corrected chi connectivity index (χ4v) is 3.03. The number of fused-ring (bicyclic) bond motifs is 2. The number of halogens is 3. The smallest absolute Gasteiger partial charge is 0.299 e. The molecule has 3 rings (SSSR count). The molecule has 1 aromatic rings. The standard InChI is InChI=1S/C14H13F3N2/c1-9-13(8-19(2)18-9)7-12(14(15,16)17)10-5-3-4-6-11(10)13/h3-7H,8H2,1-2H3. The Kier molecular flexibility index (Phi) is 2.34. The van der Waals surface area contributed by atoms with Gasteiger partial charge in [-0.3, -0.25) is 5.01 Å². The van der Waals surface area contributed by atoms with Gasteiger partial charge in [-0.2, -0.15) is 18.3 Å². The summed E-state index contributed by atoms with van der Waals surface area (Å²) in [6, 6.07) is 6.72. The van der Waals surface area contributed by atoms with Gasteiger partial charge in [0.2, 0.25) is 0 Å². The molecular weight excluding hydrogens is 253 g/mol. The van der Waals surface area contributed by atoms with Gasteiger partial charge >= 0.3 is 6.18 Å². The Labute approximate surface area is 109 Å². The monoisotopic (exact) mass is 266 g/mol. The number of benzene rings is 1. The Morgan fingerprint density at radius 2 is 1.95 bits per heavy atom. The van der Waals surface area contributed by atoms with E-state index in [0.717, 1.165) is 0 Å². The van der Waals surface area contributed by atoms with Crippen LogP contribution in [0.2, 0.25) is 0 Å². The average Bonchev–Trinajstić information content (AvgIpc) is 2.79. The highest BCUT2D eigenvalue weighted by Gasteiger charge is 2.50. The van der Waals surface area contributed by atoms with E-state index in [1.165, 1.54) is 12.1 Å². The quantitative estimate of drug-likeness (QED) is 0.704. The van der Waals surface area contributed by atoms with Crippen LogP contribution in [0.3, 0.4) is 0 Å². The third kappa shape index (κ3) is 1.60. The lowest BCUT2D eigenvalue weighted by atomic mass is 9.79. The highest BCUT2D eigenvalue weighted by Crippen LogP contribution is 2.49. The van der Waals surface area contributed by atoms with E-state index in [1.54, 1.807) is 37.2 Å². The molecule has 1 heterocycles. The van der Waals surface area contributed by atoms with E-state index in [-0.39, 0.29) is 5.56 Å². The topological polar surface area (TPSA) is 15.6 Å². The lowest BCUT2D eigenvalue weighted by molar-refractivity contribution is -0.0688. The summed E-state index contributed by atoms with van der Waals surface area (Å²) in [7, 11) is 1.78. The number of nitrogens with zero attached hydrogens (tertiary/aromatic N) is 2. The third-order valence-electron chi connectivity index (χ3n) is 3.84. The number of hydrazone groups is 1. The van der Waals surface area contributed by atoms with Crippen molar-refractivity contribution in [3.63, 3.8) is 0 Å². The highest BCUT2D eigenvalue weighted by atomic mass is 19.4. The molecule has 5 heteroatoms. The Morgan fingerprint density at radius 1 is 1.26 bits per heavy atom. The van der Waals surface area contributed by atoms with Gasteiger partial charge in [0.1, 0.15) is 0 Å². The zero-order valence-corrected chi connectivity index (χ0v) is 10.6. The summed E-state index contributed by atoms with van der Waals surface area (Å²) in [4.78, 5) is 0. The summed E-state index contributed by atoms with van der Waals surface area (Å²) in [5.41, 5.74) is 0.415. The molecule has 0 saturated carbocycles. The molecule has 19 heavy (non-hydrogen) atoms. The van der Waals surface area contributed by atoms with Gasteiger partial charge in [-0.15, -0.1) is 0 Å². The van der Waals surface area contributed by atoms with Crippen molar-refractivity contribution < 1.29 is 13.2 Å². The van der Waals surface area contributed by atoms with Crippen LogP contribution in [-0.4, -0.2) is 30.5 Å². The molecule has 1 unspecified atom stereocenters. The zero-order valence-electron chi connectivity index (χ0n) is 10.6. The molecule has 100 valence electrons. The zero-order chi connectivity index (χ0) is 13.8. The van der Waals surface area contributed by atoms with Crippen molar-refractivity contribution in [3.05, 3.63) is 41.5 Å². The summed E-state index contributed by atoms with van der Waals surface area (Å²) < 4.78 is 39.5. The van der Waals surface area contributed by atoms with Gasteiger partial charge in [-0.05, 0) is 18.1 Å². The van der Waals surface area contributed by atoms with E-state index in [0.29, 0.717) is 17.8 Å². The molecule has 0 aromatic heterocycles. The lowest BCUT2D eigenvalue weighted by Gasteiger charge is -2.23. The predicted octanol–water partition coefficient (Wildman–Crippen LogP) is 3.21. The van der Waals surface area contributed by atoms with Gasteiger partial charge in [0.25, 0.3) is 0 Å². The summed E-state index contributed by atoms with van der Waals surface area (Å²) in [6.07, 6.45) is -3.00. The molecule has 2 nitrogen and oxygen atoms in total. The normalized spacial score (nSPS) is 25.6. The SMILES string of the molecule is CC1=NN(C)CC12C=C(C(F)(F)F)c1ccccc12. The fraction of sp³-hybridized carbons (Fsp3) is 0.357. The average molecular weight is 266 g/mol. The molecule has 0 N–H and O–H groups in total. The fourth-order valence-electron chi connectivity index (χ4n) is 3.03. The Morgan fingerprint density at radius 3 is 2.53 bits per heavy atom. The van der Waals surface area contributed by atoms with E-state index in [9.17, 15) is 13.2 Å². The summed E-state index contributed by atoms with van der Waals surface area (Å²) >= 11 is 0. The van der Waals surface area contributed by atoms with Crippen molar-refractivity contribution in [1.82, 2.24) is 5.01 Å². The van der Waals surface area contributed by atoms with Gasteiger partial charge in [0.15, 0.2) is 0 Å². The van der Waals surface area contributed by atoms with Gasteiger partial charge in [0.05, 0.1) is 23.2 Å². The van der Waals surface area contributed by atoms with Crippen LogP contribution in [0.15, 0.2) is 35.4 Å². The number of alkyl halides is 3. The third-order valence-corrected chi connectivity index (χ3v) is 3.84. The van der Waals surface area contributed by atoms with Crippen molar-refractivity contribution >= 4 is 11.3 Å². The van der Waals surface area contributed by atoms with Crippen molar-refractivity contribution in [2.45, 2.75) is 18.5 Å². The first kappa shape index (κ1) is 12.3. The summed E-state index contributed by atoms with van der Waals surface area (Å²) in [5, 5.41) is 5.97. The Bertz CT molecular complexity index is 601. The second-order valence-electron chi connectivity index (χ2n) is 5.07. The van der Waals surface area contributed by atoms with Crippen molar-refractivity contribution in [2.75, 3.05) is 13.6 Å². The maximum absolute atomic E-state index is 13.2. The number of hydrogen-bond acceptors (Lipinski definition) is 2. The number of hydrogen-bond donors (Lipinski definition) is 0. The van der Waals surface area contributed by atoms with Gasteiger partial charge < -0.3 is 0 Å². The predicted molar refractivity (Wildman–Crippen MR) is 67.9 cm³/mol. The lowest BCUT2D eigenvalue weighted by Crippen LogP contribution is -2.33. The summed E-state index contributed by atoms with van der Waals surface area (Å²) in [5.74, 6) is 0. The van der Waals surface area contributed by atoms with E-state index < -0.39 is 17.2 Å². The second kappa shape index (κ2) is 3.62. The van der Waals surface area contributed by atoms with E-state index >= 15 is 0 Å². The molecule has 1 aliphatic carbocycles. The van der Waals surface area contributed by atoms with Crippen LogP contribution in [0.5, 0.6) is 0 Å². The van der Waals surface area contributed by atoms with Crippen LogP contribution in [0.4, 0.5) is 13.2 Å². The molecule has 0 fully saturated rings. The van der Waals surface area contributed by atoms with Crippen LogP contribution >= 0.6 is 0 Å². The molecular formula is C14H13F3N2. The number of likely N-dealkylation sites (N-methyl/N-ethyl adjacent to an activating group) is 1. The van der Waals surface area contributed by atoms with Gasteiger partial charge in [-0.25, -0.2) is 0 Å². The first-order valence-corrected chi connectivity index (χ1v) is 6.01. The van der Waals surface area contributed by atoms with Crippen LogP contribution in [0.1, 0.15) is 18.1 Å². The Hall–Kier alpha value is -1.78. The molecule has 1 spiro atoms. The van der Waals surface area contributed by atoms with E-state index in [1.807, 2.05) is 0 Å². The van der Waals surface area contributed by atoms with Crippen molar-refractivity contribution in [1.29, 1.82) is 0 Å². The van der Waals surface area contributed by atoms with Crippen LogP contribution in [0.25, 0.3) is 5.57 Å². The van der Waals surface area contributed by atoms with E-state index in [2.05, 4.69) is 5.10 Å². The minimum atomic E-state index is -4.33. The molecule has 0 radical (unpaired) electrons. The van der Waals surface area contributed by atoms with Crippen molar-refractivity contribution in [2.24, 2.45) is 5.10 Å². The minimum Gasteiger partial charge on any atom is -0.299 e. The summed E-state index contributed by atoms with van der Waals surface area (Å²) in [6.45, 7) is 2.24. The first-order chi connectivity index (χ1) is 8.84. The van der Waals surface area contributed by atoms with E-state index in [4.69, 9.17) is 0 Å². The van der Waals surface area contributed by atoms with Crippen molar-refractivity contribution in [3.8, 4) is 0 Å². The van der Waals surface area contributed by atoms with Crippen LogP contribution in [-0.2, 0) is 5.41 Å². The first-order valence-electron chi connectivity index (χ1n) is 6.01. The maximum Gasteiger partial charge on any atom is 0.416 e. The molecule has 0 saturated heterocycles. The second-order valence-corrected chi connectivity index (χ2v) is 5.07. The molecule has 0 bridgehead atoms. The molecule has 1 aromatic carbocycles. The van der Waals surface area contributed by atoms with Gasteiger partial charge in [-0.1, -0.05) is 30.3 Å². The minimum absolute atomic E-state index is 0.278. The Balaban J connectivity index is 2.25. The molecule has 2 aliphatic rings. The molecule has 0 amide bonds. The number of rotatable bonds is 0. The molecule has 1 aliphatic heterocycles. The van der Waals surface area contributed by atoms with Crippen LogP contribution in [0, 0.1) is 0 Å². The largest absolute Gasteiger partial charge is 0.416 e. The van der Waals surface area contributed by atoms with Gasteiger partial charge in [0, 0.05) is 7.05 Å². The molecule has 1 atom stereocenters.